The lowest BCUT2D eigenvalue weighted by Gasteiger charge is -2.32. The van der Waals surface area contributed by atoms with Crippen molar-refractivity contribution < 1.29 is 13.5 Å². The number of unbranched alkanes of at least 4 members (excludes halogenated alkanes) is 1. The number of nitrogens with one attached hydrogen (secondary N) is 1. The van der Waals surface area contributed by atoms with Crippen LogP contribution < -0.4 is 5.32 Å². The molecule has 0 spiro atoms. The topological polar surface area (TPSA) is 66.4 Å². The highest BCUT2D eigenvalue weighted by molar-refractivity contribution is 7.91. The van der Waals surface area contributed by atoms with Crippen molar-refractivity contribution in [3.63, 3.8) is 0 Å². The molecule has 1 aliphatic rings. The summed E-state index contributed by atoms with van der Waals surface area (Å²) in [6.45, 7) is 4.68. The maximum absolute atomic E-state index is 12.6. The SMILES string of the molecule is CCCC[C@]1(CC)CS(=O)(=O)c2cc(O)ccc2CN1. The number of hydrogen-bond donors (Lipinski definition) is 2. The molecule has 112 valence electrons. The molecule has 0 aromatic heterocycles. The lowest BCUT2D eigenvalue weighted by Crippen LogP contribution is -2.48. The predicted molar refractivity (Wildman–Crippen MR) is 79.5 cm³/mol. The van der Waals surface area contributed by atoms with Crippen LogP contribution in [0, 0.1) is 0 Å². The first-order chi connectivity index (χ1) is 9.42. The number of fused-ring (bicyclic) bond motifs is 1. The third-order valence-corrected chi connectivity index (χ3v) is 6.17. The third-order valence-electron chi connectivity index (χ3n) is 4.19. The van der Waals surface area contributed by atoms with Crippen LogP contribution in [0.25, 0.3) is 0 Å². The van der Waals surface area contributed by atoms with Crippen LogP contribution in [-0.4, -0.2) is 24.8 Å². The van der Waals surface area contributed by atoms with E-state index in [1.54, 1.807) is 12.1 Å². The number of hydrogen-bond acceptors (Lipinski definition) is 4. The maximum atomic E-state index is 12.6. The van der Waals surface area contributed by atoms with Crippen molar-refractivity contribution in [1.29, 1.82) is 0 Å². The Morgan fingerprint density at radius 3 is 2.75 bits per heavy atom. The molecule has 0 fully saturated rings. The van der Waals surface area contributed by atoms with E-state index in [4.69, 9.17) is 0 Å². The molecule has 1 aromatic carbocycles. The van der Waals surface area contributed by atoms with Gasteiger partial charge in [-0.25, -0.2) is 8.42 Å². The molecular formula is C15H23NO3S. The van der Waals surface area contributed by atoms with Crippen molar-refractivity contribution in [3.8, 4) is 5.75 Å². The largest absolute Gasteiger partial charge is 0.508 e. The first-order valence-electron chi connectivity index (χ1n) is 7.22. The minimum absolute atomic E-state index is 0.00452. The quantitative estimate of drug-likeness (QED) is 0.896. The van der Waals surface area contributed by atoms with E-state index in [1.807, 2.05) is 6.92 Å². The molecule has 20 heavy (non-hydrogen) atoms. The Morgan fingerprint density at radius 2 is 2.10 bits per heavy atom. The zero-order valence-corrected chi connectivity index (χ0v) is 13.0. The average molecular weight is 297 g/mol. The Kier molecular flexibility index (Phi) is 4.39. The molecule has 1 heterocycles. The van der Waals surface area contributed by atoms with Gasteiger partial charge in [-0.15, -0.1) is 0 Å². The zero-order valence-electron chi connectivity index (χ0n) is 12.1. The second-order valence-corrected chi connectivity index (χ2v) is 7.60. The van der Waals surface area contributed by atoms with Gasteiger partial charge in [-0.3, -0.25) is 0 Å². The van der Waals surface area contributed by atoms with Crippen LogP contribution in [0.5, 0.6) is 5.75 Å². The lowest BCUT2D eigenvalue weighted by molar-refractivity contribution is 0.313. The van der Waals surface area contributed by atoms with Crippen LogP contribution in [0.3, 0.4) is 0 Å². The molecule has 0 amide bonds. The van der Waals surface area contributed by atoms with E-state index in [1.165, 1.54) is 6.07 Å². The molecule has 0 saturated carbocycles. The lowest BCUT2D eigenvalue weighted by atomic mass is 9.91. The number of sulfone groups is 1. The maximum Gasteiger partial charge on any atom is 0.180 e. The number of phenolic OH excluding ortho intramolecular Hbond substituents is 1. The van der Waals surface area contributed by atoms with Gasteiger partial charge in [-0.2, -0.15) is 0 Å². The fourth-order valence-corrected chi connectivity index (χ4v) is 5.01. The highest BCUT2D eigenvalue weighted by atomic mass is 32.2. The van der Waals surface area contributed by atoms with Crippen molar-refractivity contribution in [3.05, 3.63) is 23.8 Å². The normalized spacial score (nSPS) is 24.9. The van der Waals surface area contributed by atoms with Crippen LogP contribution in [0.2, 0.25) is 0 Å². The van der Waals surface area contributed by atoms with Gasteiger partial charge in [-0.1, -0.05) is 32.8 Å². The minimum Gasteiger partial charge on any atom is -0.508 e. The molecule has 1 aliphatic heterocycles. The number of rotatable bonds is 4. The molecule has 4 nitrogen and oxygen atoms in total. The first-order valence-corrected chi connectivity index (χ1v) is 8.87. The van der Waals surface area contributed by atoms with Crippen LogP contribution in [-0.2, 0) is 16.4 Å². The Morgan fingerprint density at radius 1 is 1.35 bits per heavy atom. The van der Waals surface area contributed by atoms with Crippen LogP contribution in [0.15, 0.2) is 23.1 Å². The average Bonchev–Trinajstić information content (AvgIpc) is 2.52. The summed E-state index contributed by atoms with van der Waals surface area (Å²) in [6.07, 6.45) is 3.71. The van der Waals surface area contributed by atoms with Crippen LogP contribution >= 0.6 is 0 Å². The van der Waals surface area contributed by atoms with E-state index in [9.17, 15) is 13.5 Å². The van der Waals surface area contributed by atoms with Crippen LogP contribution in [0.4, 0.5) is 0 Å². The third kappa shape index (κ3) is 2.99. The Balaban J connectivity index is 2.41. The summed E-state index contributed by atoms with van der Waals surface area (Å²) >= 11 is 0. The fourth-order valence-electron chi connectivity index (χ4n) is 2.83. The Bertz CT molecular complexity index is 583. The molecule has 0 unspecified atom stereocenters. The van der Waals surface area contributed by atoms with E-state index in [0.717, 1.165) is 31.2 Å². The van der Waals surface area contributed by atoms with Gasteiger partial charge in [0.1, 0.15) is 5.75 Å². The summed E-state index contributed by atoms with van der Waals surface area (Å²) in [4.78, 5) is 0.275. The van der Waals surface area contributed by atoms with Crippen molar-refractivity contribution >= 4 is 9.84 Å². The van der Waals surface area contributed by atoms with Gasteiger partial charge < -0.3 is 10.4 Å². The monoisotopic (exact) mass is 297 g/mol. The molecule has 0 aliphatic carbocycles. The fraction of sp³-hybridized carbons (Fsp3) is 0.600. The minimum atomic E-state index is -3.37. The predicted octanol–water partition coefficient (Wildman–Crippen LogP) is 2.61. The number of benzene rings is 1. The second kappa shape index (κ2) is 5.74. The summed E-state index contributed by atoms with van der Waals surface area (Å²) in [7, 11) is -3.37. The van der Waals surface area contributed by atoms with Gasteiger partial charge in [0, 0.05) is 12.1 Å². The summed E-state index contributed by atoms with van der Waals surface area (Å²) in [5, 5.41) is 13.0. The molecule has 2 N–H and O–H groups in total. The molecule has 2 rings (SSSR count). The van der Waals surface area contributed by atoms with Crippen molar-refractivity contribution in [1.82, 2.24) is 5.32 Å². The molecule has 0 radical (unpaired) electrons. The van der Waals surface area contributed by atoms with E-state index >= 15 is 0 Å². The Hall–Kier alpha value is -1.07. The van der Waals surface area contributed by atoms with E-state index in [-0.39, 0.29) is 21.9 Å². The van der Waals surface area contributed by atoms with E-state index < -0.39 is 9.84 Å². The van der Waals surface area contributed by atoms with Gasteiger partial charge in [-0.05, 0) is 30.5 Å². The molecule has 5 heteroatoms. The summed E-state index contributed by atoms with van der Waals surface area (Å²) in [5.74, 6) is 0.109. The van der Waals surface area contributed by atoms with Crippen molar-refractivity contribution in [2.24, 2.45) is 0 Å². The summed E-state index contributed by atoms with van der Waals surface area (Å²) < 4.78 is 25.3. The first kappa shape index (κ1) is 15.3. The molecule has 0 saturated heterocycles. The standard InChI is InChI=1S/C15H23NO3S/c1-3-5-8-15(4-2)11-20(18,19)14-9-13(17)7-6-12(14)10-16-15/h6-7,9,16-17H,3-5,8,10-11H2,1-2H3/t15-/m1/s1. The van der Waals surface area contributed by atoms with Gasteiger partial charge in [0.25, 0.3) is 0 Å². The zero-order chi connectivity index (χ0) is 14.8. The summed E-state index contributed by atoms with van der Waals surface area (Å²) in [5.41, 5.74) is 0.387. The highest BCUT2D eigenvalue weighted by Gasteiger charge is 2.37. The van der Waals surface area contributed by atoms with E-state index in [0.29, 0.717) is 6.54 Å². The molecule has 1 atom stereocenters. The van der Waals surface area contributed by atoms with Gasteiger partial charge in [0.2, 0.25) is 0 Å². The van der Waals surface area contributed by atoms with E-state index in [2.05, 4.69) is 12.2 Å². The molecule has 1 aromatic rings. The highest BCUT2D eigenvalue weighted by Crippen LogP contribution is 2.31. The smallest absolute Gasteiger partial charge is 0.180 e. The number of aromatic hydroxyl groups is 1. The van der Waals surface area contributed by atoms with Crippen molar-refractivity contribution in [2.75, 3.05) is 5.75 Å². The number of phenols is 1. The Labute approximate surface area is 121 Å². The van der Waals surface area contributed by atoms with Crippen LogP contribution in [0.1, 0.15) is 45.1 Å². The second-order valence-electron chi connectivity index (χ2n) is 5.64. The van der Waals surface area contributed by atoms with Gasteiger partial charge >= 0.3 is 0 Å². The summed E-state index contributed by atoms with van der Waals surface area (Å²) in [6, 6.07) is 4.61. The molecule has 0 bridgehead atoms. The van der Waals surface area contributed by atoms with Crippen molar-refractivity contribution in [2.45, 2.75) is 56.5 Å². The van der Waals surface area contributed by atoms with Gasteiger partial charge in [0.15, 0.2) is 9.84 Å². The van der Waals surface area contributed by atoms with Gasteiger partial charge in [0.05, 0.1) is 10.6 Å². The molecular weight excluding hydrogens is 274 g/mol.